The third-order valence-corrected chi connectivity index (χ3v) is 2.72. The van der Waals surface area contributed by atoms with E-state index in [2.05, 4.69) is 4.99 Å². The average molecular weight is 205 g/mol. The molecule has 0 spiro atoms. The Morgan fingerprint density at radius 1 is 1.53 bits per heavy atom. The standard InChI is InChI=1S/C10H11N3O2/c1-10(13(14)15)6-7-4-2-3-5-8(7)12-9(10)11/h2-5H,6H2,1H3,(H2,11,12). The van der Waals surface area contributed by atoms with Gasteiger partial charge in [0.1, 0.15) is 0 Å². The Bertz CT molecular complexity index is 456. The summed E-state index contributed by atoms with van der Waals surface area (Å²) in [6.45, 7) is 1.50. The highest BCUT2D eigenvalue weighted by Crippen LogP contribution is 2.30. The van der Waals surface area contributed by atoms with Gasteiger partial charge >= 0.3 is 0 Å². The molecule has 0 aromatic heterocycles. The molecule has 1 aliphatic rings. The molecule has 0 bridgehead atoms. The molecule has 2 N–H and O–H groups in total. The lowest BCUT2D eigenvalue weighted by atomic mass is 9.89. The summed E-state index contributed by atoms with van der Waals surface area (Å²) in [5.41, 5.74) is 5.97. The van der Waals surface area contributed by atoms with Gasteiger partial charge in [0.15, 0.2) is 5.84 Å². The van der Waals surface area contributed by atoms with Crippen LogP contribution in [-0.4, -0.2) is 16.3 Å². The molecule has 0 aliphatic carbocycles. The van der Waals surface area contributed by atoms with E-state index in [0.29, 0.717) is 6.42 Å². The zero-order valence-electron chi connectivity index (χ0n) is 8.30. The molecular weight excluding hydrogens is 194 g/mol. The minimum atomic E-state index is -1.27. The number of para-hydroxylation sites is 1. The number of hydrogen-bond acceptors (Lipinski definition) is 4. The Labute approximate surface area is 86.8 Å². The fourth-order valence-corrected chi connectivity index (χ4v) is 1.64. The van der Waals surface area contributed by atoms with Crippen molar-refractivity contribution in [2.45, 2.75) is 18.9 Å². The molecule has 5 heteroatoms. The summed E-state index contributed by atoms with van der Waals surface area (Å²) in [4.78, 5) is 14.6. The molecular formula is C10H11N3O2. The monoisotopic (exact) mass is 205 g/mol. The maximum Gasteiger partial charge on any atom is 0.279 e. The van der Waals surface area contributed by atoms with Gasteiger partial charge in [0.2, 0.25) is 0 Å². The van der Waals surface area contributed by atoms with Gasteiger partial charge in [-0.05, 0) is 11.6 Å². The minimum Gasteiger partial charge on any atom is -0.381 e. The molecule has 0 radical (unpaired) electrons. The van der Waals surface area contributed by atoms with E-state index in [1.165, 1.54) is 6.92 Å². The first-order chi connectivity index (χ1) is 7.04. The van der Waals surface area contributed by atoms with Crippen LogP contribution in [0.3, 0.4) is 0 Å². The van der Waals surface area contributed by atoms with Crippen LogP contribution in [0.1, 0.15) is 12.5 Å². The minimum absolute atomic E-state index is 0.0752. The van der Waals surface area contributed by atoms with Crippen molar-refractivity contribution in [3.8, 4) is 0 Å². The van der Waals surface area contributed by atoms with E-state index in [4.69, 9.17) is 5.73 Å². The van der Waals surface area contributed by atoms with Crippen LogP contribution >= 0.6 is 0 Å². The van der Waals surface area contributed by atoms with Crippen molar-refractivity contribution in [3.63, 3.8) is 0 Å². The number of fused-ring (bicyclic) bond motifs is 1. The largest absolute Gasteiger partial charge is 0.381 e. The van der Waals surface area contributed by atoms with Gasteiger partial charge in [-0.1, -0.05) is 18.2 Å². The number of nitrogens with two attached hydrogens (primary N) is 1. The van der Waals surface area contributed by atoms with Crippen molar-refractivity contribution in [1.82, 2.24) is 0 Å². The highest BCUT2D eigenvalue weighted by molar-refractivity contribution is 5.93. The summed E-state index contributed by atoms with van der Waals surface area (Å²) in [7, 11) is 0. The molecule has 0 amide bonds. The van der Waals surface area contributed by atoms with Crippen LogP contribution in [0.25, 0.3) is 0 Å². The lowest BCUT2D eigenvalue weighted by molar-refractivity contribution is -0.542. The van der Waals surface area contributed by atoms with Gasteiger partial charge in [-0.2, -0.15) is 0 Å². The van der Waals surface area contributed by atoms with E-state index in [1.54, 1.807) is 0 Å². The molecule has 2 rings (SSSR count). The number of rotatable bonds is 1. The Balaban J connectivity index is 2.53. The van der Waals surface area contributed by atoms with E-state index in [9.17, 15) is 10.1 Å². The summed E-state index contributed by atoms with van der Waals surface area (Å²) in [6.07, 6.45) is 0.297. The Morgan fingerprint density at radius 2 is 2.20 bits per heavy atom. The molecule has 0 fully saturated rings. The topological polar surface area (TPSA) is 81.5 Å². The van der Waals surface area contributed by atoms with Gasteiger partial charge in [-0.25, -0.2) is 4.99 Å². The van der Waals surface area contributed by atoms with Gasteiger partial charge in [0.25, 0.3) is 5.54 Å². The number of aliphatic imine (C=N–C) groups is 1. The van der Waals surface area contributed by atoms with Crippen molar-refractivity contribution >= 4 is 11.5 Å². The van der Waals surface area contributed by atoms with Crippen LogP contribution in [-0.2, 0) is 6.42 Å². The number of hydrogen-bond donors (Lipinski definition) is 1. The summed E-state index contributed by atoms with van der Waals surface area (Å²) in [6, 6.07) is 7.33. The first-order valence-electron chi connectivity index (χ1n) is 4.61. The summed E-state index contributed by atoms with van der Waals surface area (Å²) in [5.74, 6) is 0.0752. The van der Waals surface area contributed by atoms with Crippen LogP contribution in [0.2, 0.25) is 0 Å². The fraction of sp³-hybridized carbons (Fsp3) is 0.300. The highest BCUT2D eigenvalue weighted by atomic mass is 16.6. The maximum atomic E-state index is 10.9. The second kappa shape index (κ2) is 3.05. The van der Waals surface area contributed by atoms with E-state index in [1.807, 2.05) is 24.3 Å². The van der Waals surface area contributed by atoms with Crippen LogP contribution in [0, 0.1) is 10.1 Å². The molecule has 5 nitrogen and oxygen atoms in total. The third-order valence-electron chi connectivity index (χ3n) is 2.72. The Kier molecular flexibility index (Phi) is 1.96. The summed E-state index contributed by atoms with van der Waals surface area (Å²) >= 11 is 0. The van der Waals surface area contributed by atoms with Crippen molar-refractivity contribution in [2.24, 2.45) is 10.7 Å². The quantitative estimate of drug-likeness (QED) is 0.553. The van der Waals surface area contributed by atoms with Crippen molar-refractivity contribution in [1.29, 1.82) is 0 Å². The molecule has 1 aromatic rings. The van der Waals surface area contributed by atoms with Gasteiger partial charge in [0, 0.05) is 11.8 Å². The second-order valence-electron chi connectivity index (χ2n) is 3.83. The van der Waals surface area contributed by atoms with Crippen molar-refractivity contribution < 1.29 is 4.92 Å². The maximum absolute atomic E-state index is 10.9. The lowest BCUT2D eigenvalue weighted by Crippen LogP contribution is -2.51. The molecule has 78 valence electrons. The number of nitro groups is 1. The van der Waals surface area contributed by atoms with Crippen molar-refractivity contribution in [2.75, 3.05) is 0 Å². The zero-order chi connectivity index (χ0) is 11.1. The lowest BCUT2D eigenvalue weighted by Gasteiger charge is -2.24. The van der Waals surface area contributed by atoms with E-state index in [-0.39, 0.29) is 10.8 Å². The van der Waals surface area contributed by atoms with Crippen LogP contribution in [0.5, 0.6) is 0 Å². The highest BCUT2D eigenvalue weighted by Gasteiger charge is 2.44. The van der Waals surface area contributed by atoms with Crippen LogP contribution in [0.4, 0.5) is 5.69 Å². The molecule has 1 aromatic carbocycles. The molecule has 1 heterocycles. The number of amidine groups is 1. The van der Waals surface area contributed by atoms with Gasteiger partial charge in [-0.15, -0.1) is 0 Å². The first kappa shape index (κ1) is 9.64. The summed E-state index contributed by atoms with van der Waals surface area (Å²) < 4.78 is 0. The number of benzene rings is 1. The Hall–Kier alpha value is -1.91. The smallest absolute Gasteiger partial charge is 0.279 e. The zero-order valence-corrected chi connectivity index (χ0v) is 8.30. The van der Waals surface area contributed by atoms with Crippen LogP contribution in [0.15, 0.2) is 29.3 Å². The van der Waals surface area contributed by atoms with Crippen LogP contribution < -0.4 is 5.73 Å². The fourth-order valence-electron chi connectivity index (χ4n) is 1.64. The molecule has 1 unspecified atom stereocenters. The molecule has 1 aliphatic heterocycles. The SMILES string of the molecule is CC1([N+](=O)[O-])Cc2ccccc2N=C1N. The second-order valence-corrected chi connectivity index (χ2v) is 3.83. The third kappa shape index (κ3) is 1.36. The molecule has 0 saturated carbocycles. The predicted molar refractivity (Wildman–Crippen MR) is 56.8 cm³/mol. The molecule has 0 saturated heterocycles. The molecule has 15 heavy (non-hydrogen) atoms. The van der Waals surface area contributed by atoms with E-state index < -0.39 is 5.54 Å². The van der Waals surface area contributed by atoms with Gasteiger partial charge in [0.05, 0.1) is 12.1 Å². The van der Waals surface area contributed by atoms with Gasteiger partial charge < -0.3 is 5.73 Å². The van der Waals surface area contributed by atoms with E-state index in [0.717, 1.165) is 11.3 Å². The first-order valence-corrected chi connectivity index (χ1v) is 4.61. The molecule has 1 atom stereocenters. The number of nitrogens with zero attached hydrogens (tertiary/aromatic N) is 2. The van der Waals surface area contributed by atoms with Gasteiger partial charge in [-0.3, -0.25) is 10.1 Å². The van der Waals surface area contributed by atoms with Crippen molar-refractivity contribution in [3.05, 3.63) is 39.9 Å². The van der Waals surface area contributed by atoms with E-state index >= 15 is 0 Å². The summed E-state index contributed by atoms with van der Waals surface area (Å²) in [5, 5.41) is 10.9. The normalized spacial score (nSPS) is 24.2. The average Bonchev–Trinajstić information content (AvgIpc) is 2.19. The predicted octanol–water partition coefficient (Wildman–Crippen LogP) is 1.27. The Morgan fingerprint density at radius 3 is 2.87 bits per heavy atom.